The van der Waals surface area contributed by atoms with Gasteiger partial charge in [-0.25, -0.2) is 14.4 Å². The molecule has 4 aromatic rings. The summed E-state index contributed by atoms with van der Waals surface area (Å²) in [5.41, 5.74) is 0.597. The fourth-order valence-electron chi connectivity index (χ4n) is 5.46. The number of ether oxygens (including phenoxy) is 1. The van der Waals surface area contributed by atoms with E-state index in [0.717, 1.165) is 34.9 Å². The summed E-state index contributed by atoms with van der Waals surface area (Å²) in [6.07, 6.45) is 2.01. The number of fused-ring (bicyclic) bond motifs is 1. The monoisotopic (exact) mass is 565 g/mol. The van der Waals surface area contributed by atoms with E-state index < -0.39 is 52.1 Å². The quantitative estimate of drug-likeness (QED) is 0.197. The lowest BCUT2D eigenvalue weighted by Gasteiger charge is -2.32. The van der Waals surface area contributed by atoms with Crippen LogP contribution in [0.15, 0.2) is 91.0 Å². The largest absolute Gasteiger partial charge is 0.478 e. The topological polar surface area (TPSA) is 150 Å². The minimum Gasteiger partial charge on any atom is -0.478 e. The van der Waals surface area contributed by atoms with E-state index in [4.69, 9.17) is 4.74 Å². The summed E-state index contributed by atoms with van der Waals surface area (Å²) in [5.74, 6) is -3.97. The van der Waals surface area contributed by atoms with Crippen molar-refractivity contribution in [2.75, 3.05) is 0 Å². The molecule has 212 valence electrons. The number of benzene rings is 4. The summed E-state index contributed by atoms with van der Waals surface area (Å²) in [6.45, 7) is 0. The van der Waals surface area contributed by atoms with Crippen LogP contribution in [-0.4, -0.2) is 39.1 Å². The number of rotatable bonds is 9. The molecule has 0 spiro atoms. The van der Waals surface area contributed by atoms with Gasteiger partial charge in [0.2, 0.25) is 0 Å². The summed E-state index contributed by atoms with van der Waals surface area (Å²) >= 11 is 0. The van der Waals surface area contributed by atoms with Gasteiger partial charge in [-0.2, -0.15) is 0 Å². The number of carboxylic acid groups (broad SMARTS) is 3. The minimum absolute atomic E-state index is 0.125. The van der Waals surface area contributed by atoms with Crippen LogP contribution in [-0.2, 0) is 12.8 Å². The minimum atomic E-state index is -1.61. The van der Waals surface area contributed by atoms with E-state index in [1.54, 1.807) is 0 Å². The number of carbonyl (C=O) groups excluding carboxylic acids is 1. The van der Waals surface area contributed by atoms with Crippen molar-refractivity contribution in [1.29, 1.82) is 0 Å². The molecule has 9 heteroatoms. The van der Waals surface area contributed by atoms with E-state index >= 15 is 0 Å². The number of carboxylic acids is 3. The molecule has 2 atom stereocenters. The van der Waals surface area contributed by atoms with E-state index in [2.05, 4.69) is 5.32 Å². The number of aromatic carboxylic acids is 3. The second kappa shape index (κ2) is 12.0. The standard InChI is InChI=1S/C33H27NO8/c35-30(25-17-27(32(38)39)28(33(40)41)18-26(25)31(36)37)34-29-16-20(14-21-8-4-5-12-24(21)29)13-19-7-6-11-23(15-19)42-22-9-2-1-3-10-22/h1-12,15,17-18,20,29H,13-14,16H2,(H,34,35)(H,36,37)(H,38,39)(H,40,41)/t20?,29-/m0/s1. The van der Waals surface area contributed by atoms with Gasteiger partial charge in [-0.05, 0) is 78.3 Å². The summed E-state index contributed by atoms with van der Waals surface area (Å²) in [6, 6.07) is 26.0. The number of amides is 1. The van der Waals surface area contributed by atoms with Crippen LogP contribution in [0.1, 0.15) is 70.6 Å². The highest BCUT2D eigenvalue weighted by atomic mass is 16.5. The molecule has 42 heavy (non-hydrogen) atoms. The Balaban J connectivity index is 1.40. The van der Waals surface area contributed by atoms with Gasteiger partial charge < -0.3 is 25.4 Å². The molecule has 0 fully saturated rings. The van der Waals surface area contributed by atoms with Gasteiger partial charge >= 0.3 is 17.9 Å². The van der Waals surface area contributed by atoms with Crippen molar-refractivity contribution < 1.29 is 39.2 Å². The summed E-state index contributed by atoms with van der Waals surface area (Å²) in [7, 11) is 0. The average molecular weight is 566 g/mol. The van der Waals surface area contributed by atoms with Crippen LogP contribution in [0.4, 0.5) is 0 Å². The second-order valence-corrected chi connectivity index (χ2v) is 10.2. The Hall–Kier alpha value is -5.44. The van der Waals surface area contributed by atoms with Gasteiger partial charge in [0, 0.05) is 0 Å². The lowest BCUT2D eigenvalue weighted by atomic mass is 9.78. The SMILES string of the molecule is O=C(O)c1cc(C(=O)O)c(C(=O)N[C@H]2CC(Cc3cccc(Oc4ccccc4)c3)Cc3ccccc32)cc1C(=O)O. The Morgan fingerprint density at radius 2 is 1.29 bits per heavy atom. The van der Waals surface area contributed by atoms with Gasteiger partial charge in [0.15, 0.2) is 0 Å². The highest BCUT2D eigenvalue weighted by Gasteiger charge is 2.31. The van der Waals surface area contributed by atoms with Crippen molar-refractivity contribution in [1.82, 2.24) is 5.32 Å². The van der Waals surface area contributed by atoms with Gasteiger partial charge in [-0.1, -0.05) is 54.6 Å². The van der Waals surface area contributed by atoms with Crippen LogP contribution in [0.5, 0.6) is 11.5 Å². The fourth-order valence-corrected chi connectivity index (χ4v) is 5.46. The predicted octanol–water partition coefficient (Wildman–Crippen LogP) is 5.85. The van der Waals surface area contributed by atoms with E-state index in [0.29, 0.717) is 24.7 Å². The van der Waals surface area contributed by atoms with Gasteiger partial charge in [-0.3, -0.25) is 4.79 Å². The lowest BCUT2D eigenvalue weighted by molar-refractivity contribution is 0.0648. The van der Waals surface area contributed by atoms with Gasteiger partial charge in [0.1, 0.15) is 11.5 Å². The fraction of sp³-hybridized carbons (Fsp3) is 0.152. The van der Waals surface area contributed by atoms with Crippen molar-refractivity contribution in [2.45, 2.75) is 25.3 Å². The zero-order valence-corrected chi connectivity index (χ0v) is 22.3. The highest BCUT2D eigenvalue weighted by molar-refractivity contribution is 6.10. The summed E-state index contributed by atoms with van der Waals surface area (Å²) in [4.78, 5) is 48.7. The second-order valence-electron chi connectivity index (χ2n) is 10.2. The third-order valence-corrected chi connectivity index (χ3v) is 7.31. The van der Waals surface area contributed by atoms with Crippen LogP contribution in [0.3, 0.4) is 0 Å². The molecule has 0 aliphatic heterocycles. The third-order valence-electron chi connectivity index (χ3n) is 7.31. The van der Waals surface area contributed by atoms with Crippen LogP contribution in [0.25, 0.3) is 0 Å². The van der Waals surface area contributed by atoms with Crippen LogP contribution < -0.4 is 10.1 Å². The van der Waals surface area contributed by atoms with E-state index in [9.17, 15) is 34.5 Å². The molecule has 4 aromatic carbocycles. The average Bonchev–Trinajstić information content (AvgIpc) is 2.97. The first kappa shape index (κ1) is 28.1. The molecule has 9 nitrogen and oxygen atoms in total. The Labute approximate surface area is 241 Å². The highest BCUT2D eigenvalue weighted by Crippen LogP contribution is 2.36. The smallest absolute Gasteiger partial charge is 0.336 e. The van der Waals surface area contributed by atoms with E-state index in [1.165, 1.54) is 0 Å². The van der Waals surface area contributed by atoms with Crippen molar-refractivity contribution in [3.05, 3.63) is 130 Å². The first-order valence-electron chi connectivity index (χ1n) is 13.3. The normalized spacial score (nSPS) is 15.7. The molecule has 1 aliphatic rings. The summed E-state index contributed by atoms with van der Waals surface area (Å²) < 4.78 is 5.98. The molecule has 0 bridgehead atoms. The zero-order chi connectivity index (χ0) is 29.8. The molecule has 1 unspecified atom stereocenters. The molecule has 0 aromatic heterocycles. The Bertz CT molecular complexity index is 1680. The number of hydrogen-bond donors (Lipinski definition) is 4. The molecule has 5 rings (SSSR count). The summed E-state index contributed by atoms with van der Waals surface area (Å²) in [5, 5.41) is 31.5. The van der Waals surface area contributed by atoms with Crippen molar-refractivity contribution in [3.8, 4) is 11.5 Å². The first-order chi connectivity index (χ1) is 20.2. The molecule has 0 radical (unpaired) electrons. The van der Waals surface area contributed by atoms with Crippen molar-refractivity contribution in [3.63, 3.8) is 0 Å². The number of nitrogens with one attached hydrogen (secondary N) is 1. The number of hydrogen-bond acceptors (Lipinski definition) is 5. The maximum absolute atomic E-state index is 13.5. The van der Waals surface area contributed by atoms with Crippen LogP contribution in [0, 0.1) is 5.92 Å². The number of carbonyl (C=O) groups is 4. The molecule has 1 amide bonds. The predicted molar refractivity (Wildman–Crippen MR) is 152 cm³/mol. The van der Waals surface area contributed by atoms with E-state index in [1.807, 2.05) is 78.9 Å². The van der Waals surface area contributed by atoms with Gasteiger partial charge in [0.25, 0.3) is 5.91 Å². The molecule has 4 N–H and O–H groups in total. The molecule has 0 heterocycles. The molecular weight excluding hydrogens is 538 g/mol. The Morgan fingerprint density at radius 3 is 1.98 bits per heavy atom. The maximum Gasteiger partial charge on any atom is 0.336 e. The molecule has 0 saturated heterocycles. The lowest BCUT2D eigenvalue weighted by Crippen LogP contribution is -2.35. The Morgan fingerprint density at radius 1 is 0.690 bits per heavy atom. The van der Waals surface area contributed by atoms with Crippen molar-refractivity contribution >= 4 is 23.8 Å². The maximum atomic E-state index is 13.5. The van der Waals surface area contributed by atoms with Crippen molar-refractivity contribution in [2.24, 2.45) is 5.92 Å². The zero-order valence-electron chi connectivity index (χ0n) is 22.3. The third kappa shape index (κ3) is 6.15. The molecular formula is C33H27NO8. The first-order valence-corrected chi connectivity index (χ1v) is 13.3. The van der Waals surface area contributed by atoms with Gasteiger partial charge in [0.05, 0.1) is 28.3 Å². The van der Waals surface area contributed by atoms with E-state index in [-0.39, 0.29) is 5.92 Å². The molecule has 0 saturated carbocycles. The van der Waals surface area contributed by atoms with Gasteiger partial charge in [-0.15, -0.1) is 0 Å². The van der Waals surface area contributed by atoms with Crippen LogP contribution >= 0.6 is 0 Å². The number of para-hydroxylation sites is 1. The van der Waals surface area contributed by atoms with Crippen LogP contribution in [0.2, 0.25) is 0 Å². The Kier molecular flexibility index (Phi) is 8.01. The molecule has 1 aliphatic carbocycles.